The highest BCUT2D eigenvalue weighted by Gasteiger charge is 2.60. The summed E-state index contributed by atoms with van der Waals surface area (Å²) in [6.45, 7) is 0. The van der Waals surface area contributed by atoms with E-state index in [0.717, 1.165) is 31.4 Å². The summed E-state index contributed by atoms with van der Waals surface area (Å²) in [6.07, 6.45) is -5.62. The van der Waals surface area contributed by atoms with Crippen LogP contribution in [0.5, 0.6) is 0 Å². The number of nitriles is 1. The Morgan fingerprint density at radius 3 is 2.45 bits per heavy atom. The quantitative estimate of drug-likeness (QED) is 0.249. The molecular formula is C22H15F6N7O3. The highest BCUT2D eigenvalue weighted by molar-refractivity contribution is 6.43. The first-order chi connectivity index (χ1) is 17.7. The molecule has 2 aromatic heterocycles. The van der Waals surface area contributed by atoms with Crippen molar-refractivity contribution in [2.75, 3.05) is 5.32 Å². The van der Waals surface area contributed by atoms with Crippen molar-refractivity contribution in [3.63, 3.8) is 0 Å². The number of aromatic nitrogens is 4. The number of anilines is 1. The molecule has 16 heteroatoms. The van der Waals surface area contributed by atoms with E-state index in [2.05, 4.69) is 20.7 Å². The molecule has 0 unspecified atom stereocenters. The van der Waals surface area contributed by atoms with Gasteiger partial charge in [0.1, 0.15) is 23.3 Å². The topological polar surface area (TPSA) is 146 Å². The molecule has 4 rings (SSSR count). The summed E-state index contributed by atoms with van der Waals surface area (Å²) in [5.41, 5.74) is -6.73. The fourth-order valence-electron chi connectivity index (χ4n) is 4.23. The molecule has 0 radical (unpaired) electrons. The van der Waals surface area contributed by atoms with Gasteiger partial charge in [0.2, 0.25) is 0 Å². The van der Waals surface area contributed by atoms with Crippen molar-refractivity contribution in [3.8, 4) is 6.07 Å². The van der Waals surface area contributed by atoms with E-state index in [9.17, 15) is 40.7 Å². The van der Waals surface area contributed by atoms with Gasteiger partial charge in [-0.25, -0.2) is 13.2 Å². The van der Waals surface area contributed by atoms with Crippen molar-refractivity contribution in [2.24, 2.45) is 7.05 Å². The Morgan fingerprint density at radius 1 is 1.21 bits per heavy atom. The normalized spacial score (nSPS) is 15.7. The number of alkyl halides is 5. The third kappa shape index (κ3) is 4.69. The molecule has 1 aromatic carbocycles. The average molecular weight is 539 g/mol. The Balaban J connectivity index is 1.67. The van der Waals surface area contributed by atoms with Gasteiger partial charge in [0.25, 0.3) is 23.5 Å². The van der Waals surface area contributed by atoms with Crippen LogP contribution in [0.25, 0.3) is 0 Å². The minimum Gasteiger partial charge on any atom is -0.345 e. The predicted octanol–water partition coefficient (Wildman–Crippen LogP) is 3.05. The Kier molecular flexibility index (Phi) is 6.26. The van der Waals surface area contributed by atoms with Crippen LogP contribution in [0.4, 0.5) is 32.0 Å². The Labute approximate surface area is 208 Å². The van der Waals surface area contributed by atoms with Gasteiger partial charge in [-0.2, -0.15) is 33.8 Å². The molecule has 1 aliphatic rings. The molecule has 0 aliphatic heterocycles. The molecule has 3 N–H and O–H groups in total. The van der Waals surface area contributed by atoms with Crippen LogP contribution in [-0.2, 0) is 23.6 Å². The minimum absolute atomic E-state index is 0.148. The number of Topliss-reactive ketones (excluding diaryl/α,β-unsaturated/α-hetero) is 1. The molecule has 3 aromatic rings. The molecule has 2 heterocycles. The number of aromatic amines is 1. The average Bonchev–Trinajstić information content (AvgIpc) is 3.46. The number of nitrogens with zero attached hydrogens (tertiary/aromatic N) is 4. The summed E-state index contributed by atoms with van der Waals surface area (Å²) in [6, 6.07) is 4.22. The Morgan fingerprint density at radius 2 is 1.89 bits per heavy atom. The number of hydrogen-bond acceptors (Lipinski definition) is 6. The van der Waals surface area contributed by atoms with Crippen LogP contribution in [-0.4, -0.2) is 43.5 Å². The predicted molar refractivity (Wildman–Crippen MR) is 114 cm³/mol. The largest absolute Gasteiger partial charge is 0.419 e. The minimum atomic E-state index is -5.31. The van der Waals surface area contributed by atoms with Crippen LogP contribution in [0.15, 0.2) is 30.6 Å². The third-order valence-corrected chi connectivity index (χ3v) is 5.85. The first-order valence-electron chi connectivity index (χ1n) is 10.6. The lowest BCUT2D eigenvalue weighted by Crippen LogP contribution is -2.61. The van der Waals surface area contributed by atoms with E-state index >= 15 is 0 Å². The molecule has 2 amide bonds. The molecule has 1 saturated carbocycles. The molecule has 38 heavy (non-hydrogen) atoms. The zero-order valence-electron chi connectivity index (χ0n) is 19.1. The highest BCUT2D eigenvalue weighted by atomic mass is 19.4. The molecule has 0 spiro atoms. The van der Waals surface area contributed by atoms with Gasteiger partial charge in [-0.05, 0) is 18.2 Å². The van der Waals surface area contributed by atoms with Crippen molar-refractivity contribution in [1.29, 1.82) is 5.26 Å². The van der Waals surface area contributed by atoms with Crippen LogP contribution in [0, 0.1) is 17.1 Å². The summed E-state index contributed by atoms with van der Waals surface area (Å²) in [7, 11) is 1.01. The summed E-state index contributed by atoms with van der Waals surface area (Å²) in [5.74, 6) is -8.90. The third-order valence-electron chi connectivity index (χ3n) is 5.85. The van der Waals surface area contributed by atoms with E-state index < -0.39 is 76.3 Å². The number of hydrogen-bond donors (Lipinski definition) is 3. The zero-order chi connectivity index (χ0) is 28.0. The second-order valence-electron chi connectivity index (χ2n) is 8.57. The molecular weight excluding hydrogens is 524 g/mol. The van der Waals surface area contributed by atoms with Crippen molar-refractivity contribution >= 4 is 23.3 Å². The van der Waals surface area contributed by atoms with Crippen LogP contribution in [0.3, 0.4) is 0 Å². The van der Waals surface area contributed by atoms with Crippen molar-refractivity contribution in [1.82, 2.24) is 25.3 Å². The summed E-state index contributed by atoms with van der Waals surface area (Å²) >= 11 is 0. The number of halogens is 6. The van der Waals surface area contributed by atoms with Gasteiger partial charge >= 0.3 is 6.18 Å². The van der Waals surface area contributed by atoms with Crippen LogP contribution in [0.2, 0.25) is 0 Å². The maximum atomic E-state index is 14.1. The van der Waals surface area contributed by atoms with E-state index in [1.165, 1.54) is 6.07 Å². The van der Waals surface area contributed by atoms with E-state index in [1.807, 2.05) is 5.32 Å². The van der Waals surface area contributed by atoms with E-state index in [-0.39, 0.29) is 11.4 Å². The number of H-pyrrole nitrogens is 1. The number of ketones is 1. The number of nitrogens with one attached hydrogen (secondary N) is 3. The first kappa shape index (κ1) is 26.4. The lowest BCUT2D eigenvalue weighted by Gasteiger charge is -2.46. The van der Waals surface area contributed by atoms with Crippen molar-refractivity contribution in [3.05, 3.63) is 64.5 Å². The molecule has 198 valence electrons. The van der Waals surface area contributed by atoms with Gasteiger partial charge in [0.05, 0.1) is 28.4 Å². The van der Waals surface area contributed by atoms with E-state index in [4.69, 9.17) is 5.26 Å². The van der Waals surface area contributed by atoms with Gasteiger partial charge in [0.15, 0.2) is 0 Å². The SMILES string of the molecule is Cn1cc(C(=O)C(=O)NC2(c3cn[nH]n3)CC(F)(F)C2)c(C(F)(F)F)c1C(=O)Nc1ccc(F)c(C#N)c1. The Bertz CT molecular complexity index is 1480. The van der Waals surface area contributed by atoms with Gasteiger partial charge in [-0.3, -0.25) is 14.4 Å². The second kappa shape index (κ2) is 9.01. The van der Waals surface area contributed by atoms with Gasteiger partial charge in [-0.1, -0.05) is 0 Å². The lowest BCUT2D eigenvalue weighted by atomic mass is 9.71. The summed E-state index contributed by atoms with van der Waals surface area (Å²) < 4.78 is 83.8. The van der Waals surface area contributed by atoms with Gasteiger partial charge < -0.3 is 15.2 Å². The molecule has 0 atom stereocenters. The highest BCUT2D eigenvalue weighted by Crippen LogP contribution is 2.51. The maximum Gasteiger partial charge on any atom is 0.419 e. The first-order valence-corrected chi connectivity index (χ1v) is 10.6. The van der Waals surface area contributed by atoms with Crippen LogP contribution < -0.4 is 10.6 Å². The van der Waals surface area contributed by atoms with Crippen LogP contribution in [0.1, 0.15) is 50.5 Å². The fourth-order valence-corrected chi connectivity index (χ4v) is 4.23. The smallest absolute Gasteiger partial charge is 0.345 e. The number of benzene rings is 1. The molecule has 10 nitrogen and oxygen atoms in total. The van der Waals surface area contributed by atoms with E-state index in [0.29, 0.717) is 10.8 Å². The number of amides is 2. The summed E-state index contributed by atoms with van der Waals surface area (Å²) in [4.78, 5) is 38.4. The number of rotatable bonds is 6. The van der Waals surface area contributed by atoms with Crippen molar-refractivity contribution < 1.29 is 40.7 Å². The molecule has 0 saturated heterocycles. The van der Waals surface area contributed by atoms with Crippen LogP contribution >= 0.6 is 0 Å². The van der Waals surface area contributed by atoms with Gasteiger partial charge in [0, 0.05) is 31.8 Å². The fraction of sp³-hybridized carbons (Fsp3) is 0.273. The zero-order valence-corrected chi connectivity index (χ0v) is 19.1. The summed E-state index contributed by atoms with van der Waals surface area (Å²) in [5, 5.41) is 22.3. The number of carbonyl (C=O) groups excluding carboxylic acids is 3. The molecule has 1 fully saturated rings. The standard InChI is InChI=1S/C22H15F6N7O3/c1-35-7-12(17(36)19(38)32-20(8-21(24,25)9-20)14-6-30-34-33-14)15(22(26,27)28)16(35)18(37)31-11-2-3-13(23)10(4-11)5-29/h2-4,6-7H,8-9H2,1H3,(H,31,37)(H,32,38)(H,30,33,34). The molecule has 1 aliphatic carbocycles. The Hall–Kier alpha value is -4.68. The lowest BCUT2D eigenvalue weighted by molar-refractivity contribution is -0.148. The van der Waals surface area contributed by atoms with E-state index in [1.54, 1.807) is 0 Å². The number of carbonyl (C=O) groups is 3. The molecule has 0 bridgehead atoms. The van der Waals surface area contributed by atoms with Crippen molar-refractivity contribution in [2.45, 2.75) is 30.5 Å². The monoisotopic (exact) mass is 539 g/mol. The second-order valence-corrected chi connectivity index (χ2v) is 8.57. The maximum absolute atomic E-state index is 14.1. The van der Waals surface area contributed by atoms with Gasteiger partial charge in [-0.15, -0.1) is 0 Å². The number of aryl methyl sites for hydroxylation is 1.